The summed E-state index contributed by atoms with van der Waals surface area (Å²) in [5.41, 5.74) is 4.94. The van der Waals surface area contributed by atoms with Crippen molar-refractivity contribution in [2.24, 2.45) is 5.73 Å². The third-order valence-corrected chi connectivity index (χ3v) is 1.92. The van der Waals surface area contributed by atoms with Crippen LogP contribution >= 0.6 is 11.6 Å². The van der Waals surface area contributed by atoms with Crippen molar-refractivity contribution >= 4 is 17.5 Å². The van der Waals surface area contributed by atoms with E-state index in [1.807, 2.05) is 5.32 Å². The highest BCUT2D eigenvalue weighted by atomic mass is 35.5. The highest BCUT2D eigenvalue weighted by Gasteiger charge is 2.27. The van der Waals surface area contributed by atoms with E-state index in [0.29, 0.717) is 5.02 Å². The van der Waals surface area contributed by atoms with E-state index in [-0.39, 0.29) is 5.69 Å². The minimum atomic E-state index is -3.09. The van der Waals surface area contributed by atoms with Crippen molar-refractivity contribution in [3.8, 4) is 0 Å². The van der Waals surface area contributed by atoms with Gasteiger partial charge >= 0.3 is 0 Å². The Morgan fingerprint density at radius 1 is 1.67 bits per heavy atom. The van der Waals surface area contributed by atoms with Gasteiger partial charge in [-0.05, 0) is 6.07 Å². The molecule has 15 heavy (non-hydrogen) atoms. The Labute approximate surface area is 89.8 Å². The molecule has 0 fully saturated rings. The minimum Gasteiger partial charge on any atom is -0.356 e. The Balaban J connectivity index is 2.50. The maximum Gasteiger partial charge on any atom is 0.277 e. The molecule has 4 N–H and O–H groups in total. The van der Waals surface area contributed by atoms with Gasteiger partial charge in [0.15, 0.2) is 0 Å². The maximum absolute atomic E-state index is 12.7. The first-order chi connectivity index (χ1) is 6.94. The molecule has 1 aromatic rings. The first-order valence-electron chi connectivity index (χ1n) is 4.14. The smallest absolute Gasteiger partial charge is 0.277 e. The van der Waals surface area contributed by atoms with Gasteiger partial charge in [-0.1, -0.05) is 11.6 Å². The third-order valence-electron chi connectivity index (χ3n) is 1.70. The second-order valence-corrected chi connectivity index (χ2v) is 3.41. The number of rotatable bonds is 4. The molecule has 0 aliphatic carbocycles. The van der Waals surface area contributed by atoms with Crippen LogP contribution in [0.5, 0.6) is 0 Å². The topological polar surface area (TPSA) is 70.9 Å². The van der Waals surface area contributed by atoms with Crippen LogP contribution in [-0.4, -0.2) is 29.9 Å². The number of aromatic amines is 1. The molecule has 0 aliphatic heterocycles. The Kier molecular flexibility index (Phi) is 3.65. The summed E-state index contributed by atoms with van der Waals surface area (Å²) in [6.45, 7) is -1.60. The molecule has 4 nitrogen and oxygen atoms in total. The van der Waals surface area contributed by atoms with Gasteiger partial charge in [-0.3, -0.25) is 4.79 Å². The molecule has 7 heteroatoms. The molecule has 1 heterocycles. The lowest BCUT2D eigenvalue weighted by molar-refractivity contribution is 0.0118. The molecule has 84 valence electrons. The highest BCUT2D eigenvalue weighted by molar-refractivity contribution is 6.30. The zero-order chi connectivity index (χ0) is 11.5. The highest BCUT2D eigenvalue weighted by Crippen LogP contribution is 2.11. The van der Waals surface area contributed by atoms with Gasteiger partial charge in [0.25, 0.3) is 11.8 Å². The quantitative estimate of drug-likeness (QED) is 0.731. The van der Waals surface area contributed by atoms with Crippen LogP contribution in [0.25, 0.3) is 0 Å². The van der Waals surface area contributed by atoms with Crippen LogP contribution in [0.2, 0.25) is 5.02 Å². The molecule has 0 saturated heterocycles. The van der Waals surface area contributed by atoms with Gasteiger partial charge in [0.05, 0.1) is 18.1 Å². The molecule has 0 unspecified atom stereocenters. The average molecular weight is 238 g/mol. The standard InChI is InChI=1S/C8H10ClF2N3O/c9-5-1-6(13-2-5)7(15)14-4-8(10,11)3-12/h1-2,13H,3-4,12H2,(H,14,15). The van der Waals surface area contributed by atoms with E-state index in [1.54, 1.807) is 0 Å². The zero-order valence-electron chi connectivity index (χ0n) is 7.69. The predicted octanol–water partition coefficient (Wildman–Crippen LogP) is 0.992. The van der Waals surface area contributed by atoms with Crippen molar-refractivity contribution in [3.05, 3.63) is 23.0 Å². The number of halogens is 3. The van der Waals surface area contributed by atoms with Crippen molar-refractivity contribution in [1.82, 2.24) is 10.3 Å². The van der Waals surface area contributed by atoms with Crippen LogP contribution in [0, 0.1) is 0 Å². The normalized spacial score (nSPS) is 11.5. The first kappa shape index (κ1) is 11.9. The first-order valence-corrected chi connectivity index (χ1v) is 4.52. The summed E-state index contributed by atoms with van der Waals surface area (Å²) >= 11 is 5.54. The number of H-pyrrole nitrogens is 1. The summed E-state index contributed by atoms with van der Waals surface area (Å²) in [5, 5.41) is 2.38. The van der Waals surface area contributed by atoms with Gasteiger partial charge in [0.2, 0.25) is 0 Å². The molecule has 1 rings (SSSR count). The molecule has 0 saturated carbocycles. The van der Waals surface area contributed by atoms with E-state index in [1.165, 1.54) is 12.3 Å². The van der Waals surface area contributed by atoms with Gasteiger partial charge in [-0.15, -0.1) is 0 Å². The Morgan fingerprint density at radius 2 is 2.33 bits per heavy atom. The van der Waals surface area contributed by atoms with Crippen LogP contribution in [0.15, 0.2) is 12.3 Å². The van der Waals surface area contributed by atoms with Crippen molar-refractivity contribution in [2.75, 3.05) is 13.1 Å². The summed E-state index contributed by atoms with van der Waals surface area (Å²) in [4.78, 5) is 13.8. The lowest BCUT2D eigenvalue weighted by Gasteiger charge is -2.13. The van der Waals surface area contributed by atoms with Crippen LogP contribution in [0.1, 0.15) is 10.5 Å². The Bertz CT molecular complexity index is 353. The molecule has 0 bridgehead atoms. The number of alkyl halides is 2. The molecule has 1 amide bonds. The van der Waals surface area contributed by atoms with E-state index in [9.17, 15) is 13.6 Å². The monoisotopic (exact) mass is 237 g/mol. The largest absolute Gasteiger partial charge is 0.356 e. The van der Waals surface area contributed by atoms with Crippen LogP contribution in [0.4, 0.5) is 8.78 Å². The second kappa shape index (κ2) is 4.59. The Morgan fingerprint density at radius 3 is 2.80 bits per heavy atom. The molecule has 0 aromatic carbocycles. The number of nitrogens with one attached hydrogen (secondary N) is 2. The third kappa shape index (κ3) is 3.49. The zero-order valence-corrected chi connectivity index (χ0v) is 8.44. The number of amides is 1. The van der Waals surface area contributed by atoms with Gasteiger partial charge in [-0.25, -0.2) is 8.78 Å². The maximum atomic E-state index is 12.7. The molecular weight excluding hydrogens is 228 g/mol. The number of carbonyl (C=O) groups is 1. The molecule has 0 atom stereocenters. The van der Waals surface area contributed by atoms with Crippen molar-refractivity contribution < 1.29 is 13.6 Å². The minimum absolute atomic E-state index is 0.132. The second-order valence-electron chi connectivity index (χ2n) is 2.97. The van der Waals surface area contributed by atoms with Gasteiger partial charge in [0.1, 0.15) is 5.69 Å². The van der Waals surface area contributed by atoms with Crippen LogP contribution in [0.3, 0.4) is 0 Å². The summed E-state index contributed by atoms with van der Waals surface area (Å²) in [5.74, 6) is -3.73. The number of hydrogen-bond acceptors (Lipinski definition) is 2. The van der Waals surface area contributed by atoms with Crippen LogP contribution < -0.4 is 11.1 Å². The van der Waals surface area contributed by atoms with Gasteiger partial charge in [-0.2, -0.15) is 0 Å². The van der Waals surface area contributed by atoms with E-state index in [2.05, 4.69) is 4.98 Å². The number of nitrogens with two attached hydrogens (primary N) is 1. The molecule has 1 aromatic heterocycles. The lowest BCUT2D eigenvalue weighted by Crippen LogP contribution is -2.41. The van der Waals surface area contributed by atoms with Crippen molar-refractivity contribution in [2.45, 2.75) is 5.92 Å². The fraction of sp³-hybridized carbons (Fsp3) is 0.375. The number of aromatic nitrogens is 1. The van der Waals surface area contributed by atoms with Crippen LogP contribution in [-0.2, 0) is 0 Å². The van der Waals surface area contributed by atoms with Gasteiger partial charge < -0.3 is 16.0 Å². The van der Waals surface area contributed by atoms with Crippen molar-refractivity contribution in [1.29, 1.82) is 0 Å². The number of hydrogen-bond donors (Lipinski definition) is 3. The molecule has 0 aliphatic rings. The number of carbonyl (C=O) groups excluding carboxylic acids is 1. The van der Waals surface area contributed by atoms with E-state index in [4.69, 9.17) is 17.3 Å². The summed E-state index contributed by atoms with van der Waals surface area (Å²) in [6, 6.07) is 1.34. The van der Waals surface area contributed by atoms with Gasteiger partial charge in [0, 0.05) is 6.20 Å². The fourth-order valence-corrected chi connectivity index (χ4v) is 1.04. The van der Waals surface area contributed by atoms with E-state index in [0.717, 1.165) is 0 Å². The summed E-state index contributed by atoms with van der Waals surface area (Å²) in [7, 11) is 0. The molecular formula is C8H10ClF2N3O. The summed E-state index contributed by atoms with van der Waals surface area (Å²) < 4.78 is 25.3. The Hall–Kier alpha value is -1.14. The van der Waals surface area contributed by atoms with E-state index < -0.39 is 24.9 Å². The molecule has 0 radical (unpaired) electrons. The summed E-state index contributed by atoms with van der Waals surface area (Å²) in [6.07, 6.45) is 1.39. The average Bonchev–Trinajstić information content (AvgIpc) is 2.61. The fourth-order valence-electron chi connectivity index (χ4n) is 0.876. The SMILES string of the molecule is NCC(F)(F)CNC(=O)c1cc(Cl)c[nH]1. The predicted molar refractivity (Wildman–Crippen MR) is 52.1 cm³/mol. The lowest BCUT2D eigenvalue weighted by atomic mass is 10.3. The molecule has 0 spiro atoms. The van der Waals surface area contributed by atoms with Crippen molar-refractivity contribution in [3.63, 3.8) is 0 Å². The van der Waals surface area contributed by atoms with E-state index >= 15 is 0 Å².